The minimum absolute atomic E-state index is 0.383. The first-order valence-corrected chi connectivity index (χ1v) is 6.75. The first-order chi connectivity index (χ1) is 9.63. The zero-order chi connectivity index (χ0) is 14.1. The summed E-state index contributed by atoms with van der Waals surface area (Å²) in [6.45, 7) is 1.99. The lowest BCUT2D eigenvalue weighted by Gasteiger charge is -2.00. The van der Waals surface area contributed by atoms with E-state index < -0.39 is 0 Å². The topological polar surface area (TPSA) is 77.8 Å². The number of nitrogens with two attached hydrogens (primary N) is 1. The Bertz CT molecular complexity index is 769. The van der Waals surface area contributed by atoms with Gasteiger partial charge < -0.3 is 10.3 Å². The highest BCUT2D eigenvalue weighted by molar-refractivity contribution is 9.10. The van der Waals surface area contributed by atoms with Gasteiger partial charge in [-0.25, -0.2) is 0 Å². The van der Waals surface area contributed by atoms with Gasteiger partial charge in [-0.2, -0.15) is 4.98 Å². The Balaban J connectivity index is 2.02. The molecule has 100 valence electrons. The van der Waals surface area contributed by atoms with Gasteiger partial charge >= 0.3 is 0 Å². The van der Waals surface area contributed by atoms with E-state index >= 15 is 0 Å². The Morgan fingerprint density at radius 1 is 1.20 bits per heavy atom. The molecule has 0 aliphatic heterocycles. The zero-order valence-corrected chi connectivity index (χ0v) is 12.3. The fourth-order valence-corrected chi connectivity index (χ4v) is 2.20. The van der Waals surface area contributed by atoms with Gasteiger partial charge in [-0.15, -0.1) is 0 Å². The molecule has 0 aliphatic rings. The SMILES string of the molecule is Cc1ccnc(-c2noc(-c3ccc(Br)cc3N)n2)c1. The van der Waals surface area contributed by atoms with Crippen LogP contribution in [0.25, 0.3) is 23.0 Å². The summed E-state index contributed by atoms with van der Waals surface area (Å²) in [6, 6.07) is 9.32. The standard InChI is InChI=1S/C14H11BrN4O/c1-8-4-5-17-12(6-8)13-18-14(20-19-13)10-3-2-9(15)7-11(10)16/h2-7H,16H2,1H3. The maximum absolute atomic E-state index is 5.95. The van der Waals surface area contributed by atoms with Gasteiger partial charge in [0.25, 0.3) is 5.89 Å². The molecule has 0 atom stereocenters. The van der Waals surface area contributed by atoms with Crippen LogP contribution in [-0.4, -0.2) is 15.1 Å². The van der Waals surface area contributed by atoms with Crippen molar-refractivity contribution < 1.29 is 4.52 Å². The molecule has 0 saturated carbocycles. The van der Waals surface area contributed by atoms with Crippen molar-refractivity contribution in [3.63, 3.8) is 0 Å². The highest BCUT2D eigenvalue weighted by Crippen LogP contribution is 2.28. The number of aromatic nitrogens is 3. The average molecular weight is 331 g/mol. The van der Waals surface area contributed by atoms with Crippen LogP contribution in [0.4, 0.5) is 5.69 Å². The molecular weight excluding hydrogens is 320 g/mol. The molecule has 2 N–H and O–H groups in total. The molecule has 0 aliphatic carbocycles. The van der Waals surface area contributed by atoms with E-state index in [1.54, 1.807) is 12.3 Å². The van der Waals surface area contributed by atoms with Crippen molar-refractivity contribution >= 4 is 21.6 Å². The number of halogens is 1. The number of rotatable bonds is 2. The van der Waals surface area contributed by atoms with E-state index in [0.717, 1.165) is 10.0 Å². The van der Waals surface area contributed by atoms with Crippen molar-refractivity contribution in [2.45, 2.75) is 6.92 Å². The van der Waals surface area contributed by atoms with Gasteiger partial charge in [0.2, 0.25) is 5.82 Å². The summed E-state index contributed by atoms with van der Waals surface area (Å²) in [5.41, 5.74) is 9.00. The second-order valence-electron chi connectivity index (χ2n) is 4.37. The lowest BCUT2D eigenvalue weighted by Crippen LogP contribution is -1.90. The van der Waals surface area contributed by atoms with E-state index in [2.05, 4.69) is 31.1 Å². The largest absolute Gasteiger partial charge is 0.398 e. The number of aryl methyl sites for hydroxylation is 1. The molecule has 0 saturated heterocycles. The third kappa shape index (κ3) is 2.42. The van der Waals surface area contributed by atoms with Crippen LogP contribution in [-0.2, 0) is 0 Å². The van der Waals surface area contributed by atoms with Crippen LogP contribution >= 0.6 is 15.9 Å². The number of hydrogen-bond acceptors (Lipinski definition) is 5. The van der Waals surface area contributed by atoms with E-state index in [9.17, 15) is 0 Å². The second-order valence-corrected chi connectivity index (χ2v) is 5.29. The second kappa shape index (κ2) is 5.05. The van der Waals surface area contributed by atoms with E-state index in [1.807, 2.05) is 31.2 Å². The molecule has 3 rings (SSSR count). The van der Waals surface area contributed by atoms with Gasteiger partial charge in [0, 0.05) is 16.4 Å². The van der Waals surface area contributed by atoms with Gasteiger partial charge in [0.15, 0.2) is 0 Å². The van der Waals surface area contributed by atoms with Gasteiger partial charge in [0.1, 0.15) is 5.69 Å². The van der Waals surface area contributed by atoms with Crippen LogP contribution in [0.5, 0.6) is 0 Å². The maximum Gasteiger partial charge on any atom is 0.260 e. The van der Waals surface area contributed by atoms with Crippen LogP contribution < -0.4 is 5.73 Å². The summed E-state index contributed by atoms with van der Waals surface area (Å²) in [6.07, 6.45) is 1.72. The molecule has 6 heteroatoms. The molecular formula is C14H11BrN4O. The molecule has 5 nitrogen and oxygen atoms in total. The molecule has 1 aromatic carbocycles. The first-order valence-electron chi connectivity index (χ1n) is 5.95. The van der Waals surface area contributed by atoms with E-state index in [1.165, 1.54) is 0 Å². The highest BCUT2D eigenvalue weighted by atomic mass is 79.9. The summed E-state index contributed by atoms with van der Waals surface area (Å²) in [7, 11) is 0. The monoisotopic (exact) mass is 330 g/mol. The minimum Gasteiger partial charge on any atom is -0.398 e. The number of nitrogen functional groups attached to an aromatic ring is 1. The van der Waals surface area contributed by atoms with Crippen molar-refractivity contribution in [1.82, 2.24) is 15.1 Å². The van der Waals surface area contributed by atoms with Crippen LogP contribution in [0, 0.1) is 6.92 Å². The Morgan fingerprint density at radius 3 is 2.80 bits per heavy atom. The van der Waals surface area contributed by atoms with Crippen molar-refractivity contribution in [3.05, 3.63) is 46.6 Å². The maximum atomic E-state index is 5.95. The van der Waals surface area contributed by atoms with Gasteiger partial charge in [-0.1, -0.05) is 21.1 Å². The molecule has 0 radical (unpaired) electrons. The van der Waals surface area contributed by atoms with Gasteiger partial charge in [0.05, 0.1) is 5.56 Å². The molecule has 2 heterocycles. The van der Waals surface area contributed by atoms with Crippen molar-refractivity contribution in [2.75, 3.05) is 5.73 Å². The summed E-state index contributed by atoms with van der Waals surface area (Å²) >= 11 is 3.36. The smallest absolute Gasteiger partial charge is 0.260 e. The fraction of sp³-hybridized carbons (Fsp3) is 0.0714. The number of nitrogens with zero attached hydrogens (tertiary/aromatic N) is 3. The van der Waals surface area contributed by atoms with Crippen molar-refractivity contribution in [1.29, 1.82) is 0 Å². The molecule has 0 amide bonds. The average Bonchev–Trinajstić information content (AvgIpc) is 2.88. The van der Waals surface area contributed by atoms with Crippen LogP contribution in [0.15, 0.2) is 45.5 Å². The van der Waals surface area contributed by atoms with Crippen LogP contribution in [0.2, 0.25) is 0 Å². The summed E-state index contributed by atoms with van der Waals surface area (Å²) < 4.78 is 6.17. The number of pyridine rings is 1. The molecule has 0 bridgehead atoms. The molecule has 0 fully saturated rings. The summed E-state index contributed by atoms with van der Waals surface area (Å²) in [5, 5.41) is 3.95. The normalized spacial score (nSPS) is 10.7. The fourth-order valence-electron chi connectivity index (χ4n) is 1.82. The molecule has 2 aromatic heterocycles. The molecule has 3 aromatic rings. The number of hydrogen-bond donors (Lipinski definition) is 1. The zero-order valence-electron chi connectivity index (χ0n) is 10.7. The van der Waals surface area contributed by atoms with E-state index in [4.69, 9.17) is 10.3 Å². The molecule has 20 heavy (non-hydrogen) atoms. The number of anilines is 1. The third-order valence-corrected chi connectivity index (χ3v) is 3.31. The Hall–Kier alpha value is -2.21. The van der Waals surface area contributed by atoms with Crippen molar-refractivity contribution in [2.24, 2.45) is 0 Å². The van der Waals surface area contributed by atoms with Gasteiger partial charge in [-0.3, -0.25) is 4.98 Å². The molecule has 0 spiro atoms. The van der Waals surface area contributed by atoms with Crippen LogP contribution in [0.3, 0.4) is 0 Å². The minimum atomic E-state index is 0.383. The van der Waals surface area contributed by atoms with Crippen LogP contribution in [0.1, 0.15) is 5.56 Å². The summed E-state index contributed by atoms with van der Waals surface area (Å²) in [4.78, 5) is 8.58. The predicted molar refractivity (Wildman–Crippen MR) is 79.8 cm³/mol. The third-order valence-electron chi connectivity index (χ3n) is 2.81. The predicted octanol–water partition coefficient (Wildman–Crippen LogP) is 3.45. The van der Waals surface area contributed by atoms with Gasteiger partial charge in [-0.05, 0) is 42.8 Å². The number of benzene rings is 1. The Morgan fingerprint density at radius 2 is 2.05 bits per heavy atom. The van der Waals surface area contributed by atoms with E-state index in [-0.39, 0.29) is 0 Å². The quantitative estimate of drug-likeness (QED) is 0.728. The van der Waals surface area contributed by atoms with Crippen molar-refractivity contribution in [3.8, 4) is 23.0 Å². The lowest BCUT2D eigenvalue weighted by atomic mass is 10.2. The highest BCUT2D eigenvalue weighted by Gasteiger charge is 2.14. The van der Waals surface area contributed by atoms with E-state index in [0.29, 0.717) is 28.7 Å². The molecule has 0 unspecified atom stereocenters. The summed E-state index contributed by atoms with van der Waals surface area (Å²) in [5.74, 6) is 0.833. The lowest BCUT2D eigenvalue weighted by molar-refractivity contribution is 0.432. The Labute approximate surface area is 124 Å². The first kappa shape index (κ1) is 12.8. The Kier molecular flexibility index (Phi) is 3.23.